The Morgan fingerprint density at radius 3 is 1.70 bits per heavy atom. The van der Waals surface area contributed by atoms with Crippen LogP contribution in [0.25, 0.3) is 12.3 Å². The van der Waals surface area contributed by atoms with Crippen LogP contribution in [0.1, 0.15) is 38.5 Å². The van der Waals surface area contributed by atoms with Gasteiger partial charge in [0.05, 0.1) is 0 Å². The molecule has 20 heavy (non-hydrogen) atoms. The maximum absolute atomic E-state index is 10.7. The van der Waals surface area contributed by atoms with Crippen molar-refractivity contribution in [3.05, 3.63) is 12.3 Å². The standard InChI is InChI=1S/C11H18O6.2H2N.Pt/c12-7-8(13)5-3-1-2-4-6-9(10(14)15)11(16)17;;;/h9,12H,1-7H2,(H,14,15)(H,16,17);2*1H2;/q;2*-1;+2. The van der Waals surface area contributed by atoms with Crippen LogP contribution in [0.4, 0.5) is 0 Å². The molecule has 0 aromatic heterocycles. The quantitative estimate of drug-likeness (QED) is 0.323. The molecule has 0 aromatic rings. The summed E-state index contributed by atoms with van der Waals surface area (Å²) in [4.78, 5) is 31.8. The molecule has 0 radical (unpaired) electrons. The molecule has 0 saturated carbocycles. The smallest absolute Gasteiger partial charge is 0.693 e. The van der Waals surface area contributed by atoms with Crippen LogP contribution in [0.3, 0.4) is 0 Å². The van der Waals surface area contributed by atoms with Crippen LogP contribution < -0.4 is 0 Å². The van der Waals surface area contributed by atoms with Gasteiger partial charge in [-0.2, -0.15) is 0 Å². The fourth-order valence-corrected chi connectivity index (χ4v) is 1.46. The summed E-state index contributed by atoms with van der Waals surface area (Å²) in [6.45, 7) is -0.444. The first-order valence-corrected chi connectivity index (χ1v) is 5.57. The van der Waals surface area contributed by atoms with E-state index in [1.54, 1.807) is 0 Å². The van der Waals surface area contributed by atoms with Gasteiger partial charge in [-0.1, -0.05) is 19.3 Å². The number of Topliss-reactive ketones (excluding diaryl/α,β-unsaturated/α-hetero) is 1. The van der Waals surface area contributed by atoms with Crippen LogP contribution in [-0.4, -0.2) is 39.6 Å². The monoisotopic (exact) mass is 473 g/mol. The predicted octanol–water partition coefficient (Wildman–Crippen LogP) is 2.11. The van der Waals surface area contributed by atoms with E-state index in [-0.39, 0.29) is 45.6 Å². The Morgan fingerprint density at radius 1 is 0.850 bits per heavy atom. The van der Waals surface area contributed by atoms with Crippen LogP contribution in [0.15, 0.2) is 0 Å². The summed E-state index contributed by atoms with van der Waals surface area (Å²) in [5, 5.41) is 25.6. The second-order valence-corrected chi connectivity index (χ2v) is 3.88. The molecule has 0 fully saturated rings. The summed E-state index contributed by atoms with van der Waals surface area (Å²) in [5.74, 6) is -4.17. The van der Waals surface area contributed by atoms with E-state index >= 15 is 0 Å². The fourth-order valence-electron chi connectivity index (χ4n) is 1.46. The topological polar surface area (TPSA) is 179 Å². The van der Waals surface area contributed by atoms with E-state index in [0.29, 0.717) is 25.7 Å². The Hall–Kier alpha value is -0.822. The Bertz CT molecular complexity index is 274. The van der Waals surface area contributed by atoms with Crippen molar-refractivity contribution in [2.24, 2.45) is 5.92 Å². The van der Waals surface area contributed by atoms with Gasteiger partial charge in [-0.15, -0.1) is 0 Å². The minimum atomic E-state index is -1.34. The Balaban J connectivity index is -0.000000427. The van der Waals surface area contributed by atoms with Gasteiger partial charge in [0.25, 0.3) is 0 Å². The first kappa shape index (κ1) is 27.5. The third kappa shape index (κ3) is 13.6. The zero-order valence-corrected chi connectivity index (χ0v) is 13.3. The van der Waals surface area contributed by atoms with Gasteiger partial charge in [-0.25, -0.2) is 0 Å². The van der Waals surface area contributed by atoms with Gasteiger partial charge in [-0.05, 0) is 12.8 Å². The van der Waals surface area contributed by atoms with Crippen molar-refractivity contribution in [1.82, 2.24) is 0 Å². The Labute approximate surface area is 132 Å². The molecule has 122 valence electrons. The molecule has 0 atom stereocenters. The summed E-state index contributed by atoms with van der Waals surface area (Å²) in [6, 6.07) is 0. The first-order valence-electron chi connectivity index (χ1n) is 5.57. The van der Waals surface area contributed by atoms with Crippen molar-refractivity contribution in [3.8, 4) is 0 Å². The number of carbonyl (C=O) groups excluding carboxylic acids is 1. The molecule has 0 saturated heterocycles. The van der Waals surface area contributed by atoms with Crippen LogP contribution in [-0.2, 0) is 35.4 Å². The zero-order valence-electron chi connectivity index (χ0n) is 11.1. The van der Waals surface area contributed by atoms with Crippen LogP contribution in [0.5, 0.6) is 0 Å². The van der Waals surface area contributed by atoms with Crippen LogP contribution in [0.2, 0.25) is 0 Å². The van der Waals surface area contributed by atoms with Crippen molar-refractivity contribution >= 4 is 17.7 Å². The van der Waals surface area contributed by atoms with Crippen LogP contribution in [0, 0.1) is 5.92 Å². The molecule has 0 aliphatic heterocycles. The molecule has 0 heterocycles. The fraction of sp³-hybridized carbons (Fsp3) is 0.727. The van der Waals surface area contributed by atoms with E-state index < -0.39 is 24.5 Å². The van der Waals surface area contributed by atoms with E-state index in [0.717, 1.165) is 6.42 Å². The third-order valence-electron chi connectivity index (χ3n) is 2.47. The molecule has 0 unspecified atom stereocenters. The Kier molecular flexibility index (Phi) is 22.3. The number of nitrogens with two attached hydrogens (primary N) is 2. The average Bonchev–Trinajstić information content (AvgIpc) is 2.26. The van der Waals surface area contributed by atoms with Gasteiger partial charge in [0.1, 0.15) is 6.61 Å². The molecular formula is C11H22N2O6Pt. The van der Waals surface area contributed by atoms with Crippen LogP contribution >= 0.6 is 0 Å². The molecule has 0 amide bonds. The molecule has 0 bridgehead atoms. The summed E-state index contributed by atoms with van der Waals surface area (Å²) >= 11 is 0. The number of carboxylic acids is 2. The summed E-state index contributed by atoms with van der Waals surface area (Å²) in [7, 11) is 0. The maximum atomic E-state index is 10.7. The van der Waals surface area contributed by atoms with E-state index in [1.165, 1.54) is 0 Å². The largest absolute Gasteiger partial charge is 2.00 e. The molecular weight excluding hydrogens is 451 g/mol. The molecule has 0 spiro atoms. The molecule has 0 aliphatic carbocycles. The van der Waals surface area contributed by atoms with E-state index in [9.17, 15) is 14.4 Å². The number of carbonyl (C=O) groups is 3. The molecule has 0 aromatic carbocycles. The second kappa shape index (κ2) is 16.2. The van der Waals surface area contributed by atoms with Crippen molar-refractivity contribution < 1.29 is 50.8 Å². The number of aliphatic carboxylic acids is 2. The van der Waals surface area contributed by atoms with Gasteiger partial charge in [-0.3, -0.25) is 14.4 Å². The second-order valence-electron chi connectivity index (χ2n) is 3.88. The average molecular weight is 473 g/mol. The number of carboxylic acid groups (broad SMARTS) is 2. The number of unbranched alkanes of at least 4 members (excludes halogenated alkanes) is 3. The van der Waals surface area contributed by atoms with E-state index in [1.807, 2.05) is 0 Å². The number of hydrogen-bond acceptors (Lipinski definition) is 4. The molecule has 7 N–H and O–H groups in total. The third-order valence-corrected chi connectivity index (χ3v) is 2.47. The summed E-state index contributed by atoms with van der Waals surface area (Å²) in [6.07, 6.45) is 3.00. The molecule has 9 heteroatoms. The van der Waals surface area contributed by atoms with Crippen molar-refractivity contribution in [1.29, 1.82) is 0 Å². The summed E-state index contributed by atoms with van der Waals surface area (Å²) < 4.78 is 0. The van der Waals surface area contributed by atoms with E-state index in [4.69, 9.17) is 15.3 Å². The normalized spacial score (nSPS) is 8.90. The zero-order chi connectivity index (χ0) is 13.3. The number of aliphatic hydroxyl groups excluding tert-OH is 1. The van der Waals surface area contributed by atoms with Crippen molar-refractivity contribution in [2.45, 2.75) is 38.5 Å². The van der Waals surface area contributed by atoms with Gasteiger partial charge in [0.2, 0.25) is 0 Å². The maximum Gasteiger partial charge on any atom is 2.00 e. The molecule has 0 rings (SSSR count). The van der Waals surface area contributed by atoms with E-state index in [2.05, 4.69) is 0 Å². The number of aliphatic hydroxyl groups is 1. The van der Waals surface area contributed by atoms with Gasteiger partial charge >= 0.3 is 33.0 Å². The van der Waals surface area contributed by atoms with Gasteiger partial charge < -0.3 is 27.6 Å². The minimum Gasteiger partial charge on any atom is -0.693 e. The van der Waals surface area contributed by atoms with Gasteiger partial charge in [0.15, 0.2) is 11.7 Å². The predicted molar refractivity (Wildman–Crippen MR) is 69.1 cm³/mol. The van der Waals surface area contributed by atoms with Crippen molar-refractivity contribution in [2.75, 3.05) is 6.61 Å². The molecule has 8 nitrogen and oxygen atoms in total. The summed E-state index contributed by atoms with van der Waals surface area (Å²) in [5.41, 5.74) is 0. The minimum absolute atomic E-state index is 0. The van der Waals surface area contributed by atoms with Crippen molar-refractivity contribution in [3.63, 3.8) is 0 Å². The molecule has 0 aliphatic rings. The SMILES string of the molecule is O=C(CO)CCCCCCC(C(=O)O)C(=O)O.[NH2-].[NH2-].[Pt+2]. The Morgan fingerprint density at radius 2 is 1.30 bits per heavy atom. The first-order chi connectivity index (χ1) is 7.99. The number of ketones is 1. The number of rotatable bonds is 10. The van der Waals surface area contributed by atoms with Gasteiger partial charge in [0, 0.05) is 6.42 Å². The number of hydrogen-bond donors (Lipinski definition) is 3.